The minimum Gasteiger partial charge on any atom is -0.305 e. The molecule has 84 valence electrons. The Hall–Kier alpha value is -1.26. The fraction of sp³-hybridized carbons (Fsp3) is 0.333. The molecule has 0 amide bonds. The van der Waals surface area contributed by atoms with Crippen molar-refractivity contribution in [2.45, 2.75) is 26.4 Å². The lowest BCUT2D eigenvalue weighted by Gasteiger charge is -2.12. The van der Waals surface area contributed by atoms with Gasteiger partial charge >= 0.3 is 0 Å². The largest absolute Gasteiger partial charge is 0.305 e. The van der Waals surface area contributed by atoms with Gasteiger partial charge in [-0.1, -0.05) is 0 Å². The maximum absolute atomic E-state index is 4.24. The van der Waals surface area contributed by atoms with E-state index in [9.17, 15) is 0 Å². The van der Waals surface area contributed by atoms with Crippen molar-refractivity contribution < 1.29 is 0 Å². The summed E-state index contributed by atoms with van der Waals surface area (Å²) >= 11 is 1.74. The number of pyridine rings is 1. The second kappa shape index (κ2) is 5.18. The van der Waals surface area contributed by atoms with Crippen LogP contribution in [0.1, 0.15) is 28.4 Å². The smallest absolute Gasteiger partial charge is 0.0897 e. The Bertz CT molecular complexity index is 439. The van der Waals surface area contributed by atoms with Gasteiger partial charge in [0, 0.05) is 36.1 Å². The van der Waals surface area contributed by atoms with Crippen molar-refractivity contribution in [3.8, 4) is 0 Å². The van der Waals surface area contributed by atoms with E-state index in [2.05, 4.69) is 22.2 Å². The highest BCUT2D eigenvalue weighted by molar-refractivity contribution is 7.11. The zero-order valence-electron chi connectivity index (χ0n) is 9.47. The highest BCUT2D eigenvalue weighted by atomic mass is 32.1. The molecule has 0 aliphatic heterocycles. The second-order valence-corrected chi connectivity index (χ2v) is 5.05. The van der Waals surface area contributed by atoms with Crippen molar-refractivity contribution in [1.82, 2.24) is 15.3 Å². The van der Waals surface area contributed by atoms with Crippen LogP contribution in [0.4, 0.5) is 0 Å². The van der Waals surface area contributed by atoms with Crippen molar-refractivity contribution in [2.24, 2.45) is 0 Å². The van der Waals surface area contributed by atoms with Crippen LogP contribution in [-0.4, -0.2) is 9.97 Å². The van der Waals surface area contributed by atoms with Crippen molar-refractivity contribution in [3.05, 3.63) is 46.2 Å². The third-order valence-corrected chi connectivity index (χ3v) is 3.37. The van der Waals surface area contributed by atoms with Gasteiger partial charge in [-0.2, -0.15) is 0 Å². The van der Waals surface area contributed by atoms with Gasteiger partial charge in [-0.25, -0.2) is 4.98 Å². The highest BCUT2D eigenvalue weighted by Gasteiger charge is 2.05. The zero-order chi connectivity index (χ0) is 11.4. The average Bonchev–Trinajstić information content (AvgIpc) is 2.73. The van der Waals surface area contributed by atoms with Crippen LogP contribution in [0.25, 0.3) is 0 Å². The quantitative estimate of drug-likeness (QED) is 0.882. The first-order valence-electron chi connectivity index (χ1n) is 5.30. The summed E-state index contributed by atoms with van der Waals surface area (Å²) in [6.45, 7) is 5.05. The van der Waals surface area contributed by atoms with Crippen LogP contribution in [0.2, 0.25) is 0 Å². The number of aromatic nitrogens is 2. The molecule has 0 bridgehead atoms. The van der Waals surface area contributed by atoms with E-state index in [-0.39, 0.29) is 0 Å². The Balaban J connectivity index is 1.91. The normalized spacial score (nSPS) is 12.6. The molecule has 2 aromatic heterocycles. The monoisotopic (exact) mass is 233 g/mol. The van der Waals surface area contributed by atoms with Gasteiger partial charge in [-0.15, -0.1) is 11.3 Å². The zero-order valence-corrected chi connectivity index (χ0v) is 10.3. The Morgan fingerprint density at radius 1 is 1.38 bits per heavy atom. The molecule has 0 spiro atoms. The van der Waals surface area contributed by atoms with E-state index in [0.717, 1.165) is 11.6 Å². The van der Waals surface area contributed by atoms with Crippen molar-refractivity contribution >= 4 is 11.3 Å². The van der Waals surface area contributed by atoms with Crippen molar-refractivity contribution in [2.75, 3.05) is 0 Å². The van der Waals surface area contributed by atoms with Gasteiger partial charge in [0.1, 0.15) is 0 Å². The number of thiazole rings is 1. The molecule has 0 fully saturated rings. The number of hydrogen-bond donors (Lipinski definition) is 1. The lowest BCUT2D eigenvalue weighted by molar-refractivity contribution is 0.578. The third kappa shape index (κ3) is 2.87. The van der Waals surface area contributed by atoms with Crippen LogP contribution in [-0.2, 0) is 6.54 Å². The van der Waals surface area contributed by atoms with E-state index in [1.54, 1.807) is 11.3 Å². The second-order valence-electron chi connectivity index (χ2n) is 3.73. The van der Waals surface area contributed by atoms with E-state index in [1.807, 2.05) is 37.6 Å². The third-order valence-electron chi connectivity index (χ3n) is 2.46. The van der Waals surface area contributed by atoms with Crippen molar-refractivity contribution in [1.29, 1.82) is 0 Å². The highest BCUT2D eigenvalue weighted by Crippen LogP contribution is 2.14. The topological polar surface area (TPSA) is 37.8 Å². The molecule has 4 heteroatoms. The summed E-state index contributed by atoms with van der Waals surface area (Å²) in [5, 5.41) is 4.59. The Morgan fingerprint density at radius 2 is 2.12 bits per heavy atom. The van der Waals surface area contributed by atoms with Crippen LogP contribution >= 0.6 is 11.3 Å². The van der Waals surface area contributed by atoms with Crippen LogP contribution in [0.15, 0.2) is 30.7 Å². The van der Waals surface area contributed by atoms with Crippen LogP contribution in [0.3, 0.4) is 0 Å². The Kier molecular flexibility index (Phi) is 3.64. The summed E-state index contributed by atoms with van der Waals surface area (Å²) in [7, 11) is 0. The fourth-order valence-electron chi connectivity index (χ4n) is 1.51. The number of nitrogens with zero attached hydrogens (tertiary/aromatic N) is 2. The fourth-order valence-corrected chi connectivity index (χ4v) is 2.26. The molecule has 0 saturated carbocycles. The Morgan fingerprint density at radius 3 is 2.75 bits per heavy atom. The lowest BCUT2D eigenvalue weighted by Crippen LogP contribution is -2.17. The number of aryl methyl sites for hydroxylation is 1. The summed E-state index contributed by atoms with van der Waals surface area (Å²) in [4.78, 5) is 9.53. The molecule has 1 unspecified atom stereocenters. The van der Waals surface area contributed by atoms with Gasteiger partial charge in [0.25, 0.3) is 0 Å². The minimum absolute atomic E-state index is 0.338. The number of hydrogen-bond acceptors (Lipinski definition) is 4. The van der Waals surface area contributed by atoms with E-state index >= 15 is 0 Å². The molecular formula is C12H15N3S. The first-order valence-corrected chi connectivity index (χ1v) is 6.12. The van der Waals surface area contributed by atoms with Crippen LogP contribution < -0.4 is 5.32 Å². The molecule has 0 radical (unpaired) electrons. The predicted molar refractivity (Wildman–Crippen MR) is 66.3 cm³/mol. The molecule has 1 atom stereocenters. The molecule has 0 aromatic carbocycles. The average molecular weight is 233 g/mol. The molecule has 0 aliphatic rings. The van der Waals surface area contributed by atoms with E-state index < -0.39 is 0 Å². The number of nitrogens with one attached hydrogen (secondary N) is 1. The van der Waals surface area contributed by atoms with Gasteiger partial charge in [0.2, 0.25) is 0 Å². The summed E-state index contributed by atoms with van der Waals surface area (Å²) in [5.41, 5.74) is 1.26. The predicted octanol–water partition coefficient (Wildman–Crippen LogP) is 2.70. The SMILES string of the molecule is Cc1ncc(CNC(C)c2ccncc2)s1. The first-order chi connectivity index (χ1) is 7.75. The Labute approximate surface area is 99.6 Å². The van der Waals surface area contributed by atoms with Crippen molar-refractivity contribution in [3.63, 3.8) is 0 Å². The van der Waals surface area contributed by atoms with Gasteiger partial charge < -0.3 is 5.32 Å². The molecule has 0 aliphatic carbocycles. The molecule has 0 saturated heterocycles. The van der Waals surface area contributed by atoms with E-state index in [4.69, 9.17) is 0 Å². The molecular weight excluding hydrogens is 218 g/mol. The number of rotatable bonds is 4. The van der Waals surface area contributed by atoms with Crippen LogP contribution in [0, 0.1) is 6.92 Å². The van der Waals surface area contributed by atoms with Gasteiger partial charge in [0.05, 0.1) is 5.01 Å². The maximum Gasteiger partial charge on any atom is 0.0897 e. The maximum atomic E-state index is 4.24. The van der Waals surface area contributed by atoms with E-state index in [1.165, 1.54) is 10.4 Å². The lowest BCUT2D eigenvalue weighted by atomic mass is 10.1. The van der Waals surface area contributed by atoms with Gasteiger partial charge in [0.15, 0.2) is 0 Å². The summed E-state index contributed by atoms with van der Waals surface area (Å²) in [5.74, 6) is 0. The van der Waals surface area contributed by atoms with Gasteiger partial charge in [-0.3, -0.25) is 4.98 Å². The first kappa shape index (κ1) is 11.2. The summed E-state index contributed by atoms with van der Waals surface area (Å²) in [6.07, 6.45) is 5.58. The minimum atomic E-state index is 0.338. The molecule has 2 aromatic rings. The molecule has 3 nitrogen and oxygen atoms in total. The molecule has 2 rings (SSSR count). The van der Waals surface area contributed by atoms with E-state index in [0.29, 0.717) is 6.04 Å². The summed E-state index contributed by atoms with van der Waals surface area (Å²) in [6, 6.07) is 4.41. The van der Waals surface area contributed by atoms with Gasteiger partial charge in [-0.05, 0) is 31.5 Å². The van der Waals surface area contributed by atoms with Crippen LogP contribution in [0.5, 0.6) is 0 Å². The molecule has 1 N–H and O–H groups in total. The molecule has 16 heavy (non-hydrogen) atoms. The standard InChI is InChI=1S/C12H15N3S/c1-9(11-3-5-13-6-4-11)14-7-12-8-15-10(2)16-12/h3-6,8-9,14H,7H2,1-2H3. The molecule has 2 heterocycles. The summed E-state index contributed by atoms with van der Waals surface area (Å²) < 4.78 is 0.